The Hall–Kier alpha value is -1.29. The molecule has 4 heteroatoms. The predicted molar refractivity (Wildman–Crippen MR) is 77.2 cm³/mol. The molecule has 96 valence electrons. The minimum Gasteiger partial charge on any atom is -0.367 e. The first-order valence-electron chi connectivity index (χ1n) is 5.87. The maximum absolute atomic E-state index is 5.90. The molecule has 0 spiro atoms. The van der Waals surface area contributed by atoms with Crippen LogP contribution in [0.15, 0.2) is 33.3 Å². The molecule has 0 unspecified atom stereocenters. The summed E-state index contributed by atoms with van der Waals surface area (Å²) < 4.78 is 6.16. The van der Waals surface area contributed by atoms with Gasteiger partial charge in [-0.2, -0.15) is 0 Å². The molecule has 2 N–H and O–H groups in total. The molecule has 0 radical (unpaired) electrons. The fourth-order valence-electron chi connectivity index (χ4n) is 1.91. The van der Waals surface area contributed by atoms with E-state index < -0.39 is 0 Å². The third-order valence-corrected chi connectivity index (χ3v) is 3.09. The molecule has 0 fully saturated rings. The van der Waals surface area contributed by atoms with Crippen LogP contribution in [-0.4, -0.2) is 5.16 Å². The molecule has 0 bridgehead atoms. The van der Waals surface area contributed by atoms with E-state index in [4.69, 9.17) is 10.3 Å². The first-order chi connectivity index (χ1) is 8.37. The van der Waals surface area contributed by atoms with E-state index in [0.29, 0.717) is 5.88 Å². The Bertz CT molecular complexity index is 555. The van der Waals surface area contributed by atoms with Crippen LogP contribution in [0.1, 0.15) is 26.5 Å². The molecule has 0 atom stereocenters. The summed E-state index contributed by atoms with van der Waals surface area (Å²) in [5.41, 5.74) is 8.89. The maximum atomic E-state index is 5.90. The van der Waals surface area contributed by atoms with E-state index in [-0.39, 0.29) is 5.41 Å². The van der Waals surface area contributed by atoms with Crippen LogP contribution in [-0.2, 0) is 6.42 Å². The van der Waals surface area contributed by atoms with Gasteiger partial charge in [-0.3, -0.25) is 0 Å². The summed E-state index contributed by atoms with van der Waals surface area (Å²) in [6.45, 7) is 6.51. The fraction of sp³-hybridized carbons (Fsp3) is 0.357. The molecule has 0 aliphatic rings. The Balaban J connectivity index is 2.47. The number of nitrogen functional groups attached to an aromatic ring is 1. The van der Waals surface area contributed by atoms with E-state index in [0.717, 1.165) is 27.7 Å². The van der Waals surface area contributed by atoms with Crippen molar-refractivity contribution in [2.24, 2.45) is 5.41 Å². The zero-order chi connectivity index (χ0) is 13.3. The van der Waals surface area contributed by atoms with Crippen LogP contribution in [0, 0.1) is 5.41 Å². The number of nitrogens with two attached hydrogens (primary N) is 1. The molecule has 0 saturated carbocycles. The van der Waals surface area contributed by atoms with Gasteiger partial charge in [-0.25, -0.2) is 0 Å². The summed E-state index contributed by atoms with van der Waals surface area (Å²) in [4.78, 5) is 0. The van der Waals surface area contributed by atoms with Gasteiger partial charge >= 0.3 is 0 Å². The van der Waals surface area contributed by atoms with Crippen LogP contribution in [0.2, 0.25) is 0 Å². The average molecular weight is 309 g/mol. The lowest BCUT2D eigenvalue weighted by atomic mass is 9.88. The van der Waals surface area contributed by atoms with E-state index in [2.05, 4.69) is 41.9 Å². The summed E-state index contributed by atoms with van der Waals surface area (Å²) in [6, 6.07) is 8.00. The van der Waals surface area contributed by atoms with Crippen molar-refractivity contribution in [3.8, 4) is 11.1 Å². The minimum atomic E-state index is 0.143. The molecule has 0 saturated heterocycles. The van der Waals surface area contributed by atoms with Crippen molar-refractivity contribution in [1.82, 2.24) is 5.16 Å². The van der Waals surface area contributed by atoms with Crippen molar-refractivity contribution in [2.45, 2.75) is 27.2 Å². The van der Waals surface area contributed by atoms with Crippen LogP contribution in [0.25, 0.3) is 11.1 Å². The first-order valence-corrected chi connectivity index (χ1v) is 6.66. The van der Waals surface area contributed by atoms with Crippen molar-refractivity contribution >= 4 is 21.8 Å². The van der Waals surface area contributed by atoms with Gasteiger partial charge in [-0.05, 0) is 29.5 Å². The largest absolute Gasteiger partial charge is 0.367 e. The maximum Gasteiger partial charge on any atom is 0.230 e. The summed E-state index contributed by atoms with van der Waals surface area (Å²) in [5.74, 6) is 0.382. The summed E-state index contributed by atoms with van der Waals surface area (Å²) in [6.07, 6.45) is 0.829. The molecule has 1 aromatic carbocycles. The zero-order valence-electron chi connectivity index (χ0n) is 10.8. The standard InChI is InChI=1S/C14H17BrN2O/c1-14(2,3)8-11-12(13(16)18-17-11)9-5-4-6-10(15)7-9/h4-7H,8,16H2,1-3H3. The molecular weight excluding hydrogens is 292 g/mol. The molecule has 0 aliphatic heterocycles. The smallest absolute Gasteiger partial charge is 0.230 e. The highest BCUT2D eigenvalue weighted by molar-refractivity contribution is 9.10. The molecule has 0 aliphatic carbocycles. The SMILES string of the molecule is CC(C)(C)Cc1noc(N)c1-c1cccc(Br)c1. The average Bonchev–Trinajstić information content (AvgIpc) is 2.57. The lowest BCUT2D eigenvalue weighted by Gasteiger charge is -2.16. The monoisotopic (exact) mass is 308 g/mol. The van der Waals surface area contributed by atoms with Crippen molar-refractivity contribution in [1.29, 1.82) is 0 Å². The van der Waals surface area contributed by atoms with E-state index in [1.54, 1.807) is 0 Å². The second-order valence-electron chi connectivity index (χ2n) is 5.62. The molecule has 3 nitrogen and oxygen atoms in total. The van der Waals surface area contributed by atoms with Gasteiger partial charge in [0, 0.05) is 4.47 Å². The molecular formula is C14H17BrN2O. The van der Waals surface area contributed by atoms with Gasteiger partial charge in [-0.15, -0.1) is 0 Å². The Morgan fingerprint density at radius 3 is 2.67 bits per heavy atom. The highest BCUT2D eigenvalue weighted by atomic mass is 79.9. The molecule has 1 heterocycles. The summed E-state index contributed by atoms with van der Waals surface area (Å²) in [5, 5.41) is 4.09. The van der Waals surface area contributed by atoms with Crippen molar-refractivity contribution in [2.75, 3.05) is 5.73 Å². The van der Waals surface area contributed by atoms with E-state index in [1.165, 1.54) is 0 Å². The third-order valence-electron chi connectivity index (χ3n) is 2.60. The first kappa shape index (κ1) is 13.1. The molecule has 1 aromatic heterocycles. The quantitative estimate of drug-likeness (QED) is 0.901. The predicted octanol–water partition coefficient (Wildman–Crippen LogP) is 4.27. The Morgan fingerprint density at radius 2 is 2.06 bits per heavy atom. The summed E-state index contributed by atoms with van der Waals surface area (Å²) >= 11 is 3.47. The van der Waals surface area contributed by atoms with Gasteiger partial charge in [0.15, 0.2) is 0 Å². The highest BCUT2D eigenvalue weighted by Gasteiger charge is 2.21. The van der Waals surface area contributed by atoms with Gasteiger partial charge in [0.25, 0.3) is 0 Å². The molecule has 18 heavy (non-hydrogen) atoms. The van der Waals surface area contributed by atoms with Gasteiger partial charge in [0.2, 0.25) is 5.88 Å². The van der Waals surface area contributed by atoms with Gasteiger partial charge < -0.3 is 10.3 Å². The van der Waals surface area contributed by atoms with Gasteiger partial charge in [-0.1, -0.05) is 54.0 Å². The zero-order valence-corrected chi connectivity index (χ0v) is 12.4. The van der Waals surface area contributed by atoms with Gasteiger partial charge in [0.1, 0.15) is 0 Å². The van der Waals surface area contributed by atoms with Crippen LogP contribution in [0.3, 0.4) is 0 Å². The number of halogens is 1. The molecule has 0 amide bonds. The van der Waals surface area contributed by atoms with Crippen molar-refractivity contribution < 1.29 is 4.52 Å². The molecule has 2 aromatic rings. The number of rotatable bonds is 2. The van der Waals surface area contributed by atoms with Gasteiger partial charge in [0.05, 0.1) is 11.3 Å². The number of aromatic nitrogens is 1. The Kier molecular flexibility index (Phi) is 3.48. The van der Waals surface area contributed by atoms with E-state index in [9.17, 15) is 0 Å². The Labute approximate surface area is 115 Å². The van der Waals surface area contributed by atoms with E-state index >= 15 is 0 Å². The fourth-order valence-corrected chi connectivity index (χ4v) is 2.31. The highest BCUT2D eigenvalue weighted by Crippen LogP contribution is 2.34. The summed E-state index contributed by atoms with van der Waals surface area (Å²) in [7, 11) is 0. The molecule has 2 rings (SSSR count). The normalized spacial score (nSPS) is 11.8. The van der Waals surface area contributed by atoms with Crippen LogP contribution >= 0.6 is 15.9 Å². The second-order valence-corrected chi connectivity index (χ2v) is 6.53. The number of hydrogen-bond donors (Lipinski definition) is 1. The topological polar surface area (TPSA) is 52.0 Å². The van der Waals surface area contributed by atoms with Crippen LogP contribution in [0.4, 0.5) is 5.88 Å². The lowest BCUT2D eigenvalue weighted by molar-refractivity contribution is 0.377. The van der Waals surface area contributed by atoms with Crippen LogP contribution < -0.4 is 5.73 Å². The van der Waals surface area contributed by atoms with E-state index in [1.807, 2.05) is 24.3 Å². The number of anilines is 1. The van der Waals surface area contributed by atoms with Crippen molar-refractivity contribution in [3.05, 3.63) is 34.4 Å². The number of hydrogen-bond acceptors (Lipinski definition) is 3. The van der Waals surface area contributed by atoms with Crippen molar-refractivity contribution in [3.63, 3.8) is 0 Å². The Morgan fingerprint density at radius 1 is 1.33 bits per heavy atom. The minimum absolute atomic E-state index is 0.143. The number of nitrogens with zero attached hydrogens (tertiary/aromatic N) is 1. The number of benzene rings is 1. The third kappa shape index (κ3) is 2.93. The lowest BCUT2D eigenvalue weighted by Crippen LogP contribution is -2.10. The second kappa shape index (κ2) is 4.76. The van der Waals surface area contributed by atoms with Crippen LogP contribution in [0.5, 0.6) is 0 Å².